The number of carbonyl (C=O) groups excluding carboxylic acids is 1. The minimum atomic E-state index is 0.0504. The van der Waals surface area contributed by atoms with Crippen LogP contribution < -0.4 is 5.32 Å². The molecule has 100 valence electrons. The van der Waals surface area contributed by atoms with Gasteiger partial charge in [0, 0.05) is 6.04 Å². The first-order valence-electron chi connectivity index (χ1n) is 6.99. The smallest absolute Gasteiger partial charge is 0.241 e. The van der Waals surface area contributed by atoms with Gasteiger partial charge in [0.15, 0.2) is 0 Å². The van der Waals surface area contributed by atoms with Crippen LogP contribution in [-0.4, -0.2) is 29.6 Å². The lowest BCUT2D eigenvalue weighted by Crippen LogP contribution is -2.38. The summed E-state index contributed by atoms with van der Waals surface area (Å²) in [5.74, 6) is 1.57. The number of amides is 1. The van der Waals surface area contributed by atoms with Gasteiger partial charge < -0.3 is 4.90 Å². The van der Waals surface area contributed by atoms with Crippen LogP contribution in [0, 0.1) is 11.8 Å². The molecule has 0 bridgehead atoms. The average molecular weight is 240 g/mol. The number of nitrogens with zero attached hydrogens (tertiary/aromatic N) is 1. The van der Waals surface area contributed by atoms with Crippen molar-refractivity contribution in [1.29, 1.82) is 0 Å². The van der Waals surface area contributed by atoms with Crippen molar-refractivity contribution in [2.75, 3.05) is 6.67 Å². The monoisotopic (exact) mass is 240 g/mol. The summed E-state index contributed by atoms with van der Waals surface area (Å²) in [5, 5.41) is 3.34. The maximum Gasteiger partial charge on any atom is 0.241 e. The largest absolute Gasteiger partial charge is 0.326 e. The van der Waals surface area contributed by atoms with E-state index in [1.54, 1.807) is 0 Å². The van der Waals surface area contributed by atoms with Crippen molar-refractivity contribution in [1.82, 2.24) is 10.2 Å². The van der Waals surface area contributed by atoms with Crippen molar-refractivity contribution < 1.29 is 4.79 Å². The van der Waals surface area contributed by atoms with Crippen LogP contribution in [0.3, 0.4) is 0 Å². The van der Waals surface area contributed by atoms with E-state index in [9.17, 15) is 4.79 Å². The van der Waals surface area contributed by atoms with Crippen LogP contribution in [0.5, 0.6) is 0 Å². The number of nitrogens with one attached hydrogen (secondary N) is 1. The molecule has 1 heterocycles. The topological polar surface area (TPSA) is 32.3 Å². The van der Waals surface area contributed by atoms with Gasteiger partial charge in [-0.3, -0.25) is 10.1 Å². The number of hydrogen-bond donors (Lipinski definition) is 1. The lowest BCUT2D eigenvalue weighted by Gasteiger charge is -2.26. The predicted octanol–water partition coefficient (Wildman–Crippen LogP) is 2.62. The molecule has 3 atom stereocenters. The van der Waals surface area contributed by atoms with Crippen molar-refractivity contribution in [3.05, 3.63) is 0 Å². The fourth-order valence-corrected chi connectivity index (χ4v) is 2.48. The van der Waals surface area contributed by atoms with Crippen LogP contribution in [0.25, 0.3) is 0 Å². The molecule has 1 fully saturated rings. The highest BCUT2D eigenvalue weighted by molar-refractivity contribution is 5.84. The van der Waals surface area contributed by atoms with Gasteiger partial charge in [-0.05, 0) is 31.6 Å². The summed E-state index contributed by atoms with van der Waals surface area (Å²) in [6.45, 7) is 11.7. The van der Waals surface area contributed by atoms with E-state index in [1.165, 1.54) is 6.42 Å². The van der Waals surface area contributed by atoms with Gasteiger partial charge in [-0.1, -0.05) is 34.1 Å². The van der Waals surface area contributed by atoms with Gasteiger partial charge in [-0.15, -0.1) is 0 Å². The fraction of sp³-hybridized carbons (Fsp3) is 0.929. The molecule has 17 heavy (non-hydrogen) atoms. The molecule has 1 aliphatic rings. The number of carbonyl (C=O) groups is 1. The normalized spacial score (nSPS) is 24.5. The zero-order valence-corrected chi connectivity index (χ0v) is 12.0. The maximum absolute atomic E-state index is 12.2. The van der Waals surface area contributed by atoms with Crippen LogP contribution in [0.1, 0.15) is 53.9 Å². The number of rotatable bonds is 6. The molecule has 0 radical (unpaired) electrons. The molecule has 0 aromatic carbocycles. The first kappa shape index (κ1) is 14.5. The Labute approximate surface area is 106 Å². The van der Waals surface area contributed by atoms with E-state index < -0.39 is 0 Å². The number of hydrogen-bond acceptors (Lipinski definition) is 2. The summed E-state index contributed by atoms with van der Waals surface area (Å²) < 4.78 is 0. The van der Waals surface area contributed by atoms with Crippen LogP contribution in [-0.2, 0) is 4.79 Å². The van der Waals surface area contributed by atoms with Gasteiger partial charge in [-0.2, -0.15) is 0 Å². The molecule has 3 nitrogen and oxygen atoms in total. The first-order valence-corrected chi connectivity index (χ1v) is 6.99. The standard InChI is InChI=1S/C14H28N2O/c1-6-11(4)8-12(5)16-9-15-13(14(16)17)7-10(2)3/h10-13,15H,6-9H2,1-5H3. The van der Waals surface area contributed by atoms with E-state index >= 15 is 0 Å². The second-order valence-electron chi connectivity index (χ2n) is 5.95. The Hall–Kier alpha value is -0.570. The Kier molecular flexibility index (Phi) is 5.44. The summed E-state index contributed by atoms with van der Waals surface area (Å²) in [6.07, 6.45) is 3.25. The second kappa shape index (κ2) is 6.39. The molecular weight excluding hydrogens is 212 g/mol. The zero-order chi connectivity index (χ0) is 13.0. The van der Waals surface area contributed by atoms with Crippen molar-refractivity contribution in [3.63, 3.8) is 0 Å². The highest BCUT2D eigenvalue weighted by Gasteiger charge is 2.34. The Bertz CT molecular complexity index is 253. The lowest BCUT2D eigenvalue weighted by atomic mass is 9.99. The molecule has 1 amide bonds. The molecule has 0 saturated carbocycles. The van der Waals surface area contributed by atoms with Gasteiger partial charge in [-0.25, -0.2) is 0 Å². The third-order valence-corrected chi connectivity index (χ3v) is 3.77. The van der Waals surface area contributed by atoms with Crippen molar-refractivity contribution in [2.24, 2.45) is 11.8 Å². The summed E-state index contributed by atoms with van der Waals surface area (Å²) in [6, 6.07) is 0.413. The highest BCUT2D eigenvalue weighted by atomic mass is 16.2. The van der Waals surface area contributed by atoms with Crippen LogP contribution in [0.4, 0.5) is 0 Å². The maximum atomic E-state index is 12.2. The van der Waals surface area contributed by atoms with Crippen molar-refractivity contribution >= 4 is 5.91 Å². The van der Waals surface area contributed by atoms with Crippen molar-refractivity contribution in [2.45, 2.75) is 66.0 Å². The summed E-state index contributed by atoms with van der Waals surface area (Å²) in [7, 11) is 0. The zero-order valence-electron chi connectivity index (χ0n) is 12.0. The SMILES string of the molecule is CCC(C)CC(C)N1CNC(CC(C)C)C1=O. The molecule has 0 aromatic heterocycles. The summed E-state index contributed by atoms with van der Waals surface area (Å²) >= 11 is 0. The Morgan fingerprint density at radius 3 is 2.53 bits per heavy atom. The molecule has 1 saturated heterocycles. The Morgan fingerprint density at radius 2 is 2.00 bits per heavy atom. The van der Waals surface area contributed by atoms with E-state index in [1.807, 2.05) is 4.90 Å². The van der Waals surface area contributed by atoms with Gasteiger partial charge in [0.1, 0.15) is 0 Å². The molecule has 0 spiro atoms. The third-order valence-electron chi connectivity index (χ3n) is 3.77. The minimum absolute atomic E-state index is 0.0504. The average Bonchev–Trinajstić information content (AvgIpc) is 2.59. The van der Waals surface area contributed by atoms with Crippen molar-refractivity contribution in [3.8, 4) is 0 Å². The molecular formula is C14H28N2O. The van der Waals surface area contributed by atoms with Gasteiger partial charge >= 0.3 is 0 Å². The van der Waals surface area contributed by atoms with Crippen LogP contribution in [0.2, 0.25) is 0 Å². The quantitative estimate of drug-likeness (QED) is 0.774. The van der Waals surface area contributed by atoms with E-state index in [0.717, 1.165) is 19.5 Å². The molecule has 0 aliphatic carbocycles. The Morgan fingerprint density at radius 1 is 1.35 bits per heavy atom. The van der Waals surface area contributed by atoms with Gasteiger partial charge in [0.2, 0.25) is 5.91 Å². The fourth-order valence-electron chi connectivity index (χ4n) is 2.48. The van der Waals surface area contributed by atoms with Gasteiger partial charge in [0.25, 0.3) is 0 Å². The molecule has 3 heteroatoms. The summed E-state index contributed by atoms with van der Waals surface area (Å²) in [5.41, 5.74) is 0. The molecule has 1 N–H and O–H groups in total. The van der Waals surface area contributed by atoms with E-state index in [4.69, 9.17) is 0 Å². The molecule has 0 aromatic rings. The highest BCUT2D eigenvalue weighted by Crippen LogP contribution is 2.19. The second-order valence-corrected chi connectivity index (χ2v) is 5.95. The van der Waals surface area contributed by atoms with Crippen LogP contribution in [0.15, 0.2) is 0 Å². The van der Waals surface area contributed by atoms with E-state index in [0.29, 0.717) is 23.8 Å². The third kappa shape index (κ3) is 3.98. The van der Waals surface area contributed by atoms with Crippen LogP contribution >= 0.6 is 0 Å². The molecule has 1 aliphatic heterocycles. The van der Waals surface area contributed by atoms with E-state index in [2.05, 4.69) is 39.9 Å². The first-order chi connectivity index (χ1) is 7.95. The minimum Gasteiger partial charge on any atom is -0.326 e. The van der Waals surface area contributed by atoms with E-state index in [-0.39, 0.29) is 6.04 Å². The summed E-state index contributed by atoms with van der Waals surface area (Å²) in [4.78, 5) is 14.2. The Balaban J connectivity index is 2.48. The van der Waals surface area contributed by atoms with Gasteiger partial charge in [0.05, 0.1) is 12.7 Å². The lowest BCUT2D eigenvalue weighted by molar-refractivity contribution is -0.131. The molecule has 1 rings (SSSR count). The predicted molar refractivity (Wildman–Crippen MR) is 71.6 cm³/mol. The molecule has 3 unspecified atom stereocenters.